The topological polar surface area (TPSA) is 98.4 Å². The molecule has 0 aliphatic carbocycles. The lowest BCUT2D eigenvalue weighted by molar-refractivity contribution is -0.117. The fourth-order valence-electron chi connectivity index (χ4n) is 3.15. The van der Waals surface area contributed by atoms with E-state index < -0.39 is 5.97 Å². The molecule has 4 rings (SSSR count). The highest BCUT2D eigenvalue weighted by Crippen LogP contribution is 2.23. The molecule has 0 radical (unpaired) electrons. The Balaban J connectivity index is 1.49. The molecule has 0 bridgehead atoms. The van der Waals surface area contributed by atoms with Crippen molar-refractivity contribution in [2.24, 2.45) is 0 Å². The van der Waals surface area contributed by atoms with Crippen molar-refractivity contribution in [3.63, 3.8) is 0 Å². The molecule has 7 nitrogen and oxygen atoms in total. The lowest BCUT2D eigenvalue weighted by Crippen LogP contribution is -2.23. The molecule has 136 valence electrons. The van der Waals surface area contributed by atoms with Crippen molar-refractivity contribution in [2.75, 3.05) is 17.2 Å². The Hall–Kier alpha value is -3.48. The van der Waals surface area contributed by atoms with Crippen LogP contribution in [0.15, 0.2) is 48.5 Å². The summed E-state index contributed by atoms with van der Waals surface area (Å²) in [6, 6.07) is 14.3. The van der Waals surface area contributed by atoms with Crippen LogP contribution in [0.3, 0.4) is 0 Å². The van der Waals surface area contributed by atoms with Crippen molar-refractivity contribution in [3.8, 4) is 0 Å². The van der Waals surface area contributed by atoms with E-state index in [9.17, 15) is 9.59 Å². The first-order chi connectivity index (χ1) is 13.1. The average molecular weight is 362 g/mol. The molecule has 0 saturated carbocycles. The maximum atomic E-state index is 12.4. The van der Waals surface area contributed by atoms with E-state index in [1.807, 2.05) is 30.3 Å². The first-order valence-electron chi connectivity index (χ1n) is 8.70. The molecule has 0 atom stereocenters. The average Bonchev–Trinajstić information content (AvgIpc) is 3.12. The maximum absolute atomic E-state index is 12.4. The van der Waals surface area contributed by atoms with E-state index in [1.165, 1.54) is 0 Å². The molecule has 0 spiro atoms. The molecule has 7 heteroatoms. The van der Waals surface area contributed by atoms with Crippen molar-refractivity contribution >= 4 is 34.3 Å². The van der Waals surface area contributed by atoms with Crippen molar-refractivity contribution < 1.29 is 14.3 Å². The number of rotatable bonds is 4. The van der Waals surface area contributed by atoms with Crippen molar-refractivity contribution in [3.05, 3.63) is 59.9 Å². The van der Waals surface area contributed by atoms with E-state index in [0.29, 0.717) is 41.4 Å². The van der Waals surface area contributed by atoms with Crippen LogP contribution in [-0.2, 0) is 16.1 Å². The molecule has 2 aromatic carbocycles. The second kappa shape index (κ2) is 7.03. The predicted octanol–water partition coefficient (Wildman–Crippen LogP) is 2.70. The Kier molecular flexibility index (Phi) is 4.42. The predicted molar refractivity (Wildman–Crippen MR) is 101 cm³/mol. The minimum Gasteiger partial charge on any atom is -0.454 e. The number of esters is 1. The van der Waals surface area contributed by atoms with Gasteiger partial charge in [-0.3, -0.25) is 4.79 Å². The fraction of sp³-hybridized carbons (Fsp3) is 0.200. The van der Waals surface area contributed by atoms with Gasteiger partial charge in [-0.2, -0.15) is 0 Å². The zero-order valence-corrected chi connectivity index (χ0v) is 14.6. The van der Waals surface area contributed by atoms with Gasteiger partial charge in [0.1, 0.15) is 5.82 Å². The lowest BCUT2D eigenvalue weighted by atomic mass is 10.2. The van der Waals surface area contributed by atoms with Crippen LogP contribution in [0.1, 0.15) is 29.0 Å². The minimum atomic E-state index is -0.501. The Morgan fingerprint density at radius 3 is 2.81 bits per heavy atom. The molecule has 0 unspecified atom stereocenters. The van der Waals surface area contributed by atoms with Gasteiger partial charge >= 0.3 is 5.97 Å². The zero-order valence-electron chi connectivity index (χ0n) is 14.6. The van der Waals surface area contributed by atoms with Gasteiger partial charge in [-0.05, 0) is 36.8 Å². The molecule has 2 heterocycles. The van der Waals surface area contributed by atoms with Crippen molar-refractivity contribution in [2.45, 2.75) is 19.4 Å². The van der Waals surface area contributed by atoms with E-state index in [4.69, 9.17) is 10.5 Å². The fourth-order valence-corrected chi connectivity index (χ4v) is 3.15. The smallest absolute Gasteiger partial charge is 0.338 e. The van der Waals surface area contributed by atoms with E-state index in [-0.39, 0.29) is 12.5 Å². The van der Waals surface area contributed by atoms with Gasteiger partial charge in [-0.1, -0.05) is 18.2 Å². The SMILES string of the molecule is Nc1nc(COC(=O)c2cccc(N3CCCC3=O)c2)nc2ccccc12. The molecule has 1 aliphatic heterocycles. The number of hydrogen-bond acceptors (Lipinski definition) is 6. The standard InChI is InChI=1S/C20H18N4O3/c21-19-15-7-1-2-8-16(15)22-17(23-19)12-27-20(26)13-5-3-6-14(11-13)24-10-4-9-18(24)25/h1-3,5-8,11H,4,9-10,12H2,(H2,21,22,23). The molecule has 3 aromatic rings. The number of aromatic nitrogens is 2. The summed E-state index contributed by atoms with van der Waals surface area (Å²) in [5.74, 6) is 0.256. The summed E-state index contributed by atoms with van der Waals surface area (Å²) in [6.07, 6.45) is 1.36. The van der Waals surface area contributed by atoms with Crippen LogP contribution in [0.25, 0.3) is 10.9 Å². The first kappa shape index (κ1) is 17.0. The van der Waals surface area contributed by atoms with Gasteiger partial charge in [0, 0.05) is 24.0 Å². The Labute approximate surface area is 155 Å². The number of nitrogen functional groups attached to an aromatic ring is 1. The number of carbonyl (C=O) groups is 2. The molecule has 1 amide bonds. The van der Waals surface area contributed by atoms with Crippen molar-refractivity contribution in [1.82, 2.24) is 9.97 Å². The van der Waals surface area contributed by atoms with E-state index in [1.54, 1.807) is 23.1 Å². The third kappa shape index (κ3) is 3.44. The second-order valence-electron chi connectivity index (χ2n) is 6.32. The third-order valence-corrected chi connectivity index (χ3v) is 4.48. The van der Waals surface area contributed by atoms with Gasteiger partial charge in [0.2, 0.25) is 5.91 Å². The number of carbonyl (C=O) groups excluding carboxylic acids is 2. The molecule has 27 heavy (non-hydrogen) atoms. The van der Waals surface area contributed by atoms with E-state index in [0.717, 1.165) is 11.8 Å². The Morgan fingerprint density at radius 2 is 2.00 bits per heavy atom. The number of amides is 1. The highest BCUT2D eigenvalue weighted by molar-refractivity contribution is 5.97. The first-order valence-corrected chi connectivity index (χ1v) is 8.70. The molecular formula is C20H18N4O3. The molecule has 1 aromatic heterocycles. The molecule has 1 saturated heterocycles. The van der Waals surface area contributed by atoms with Crippen LogP contribution in [0.5, 0.6) is 0 Å². The number of fused-ring (bicyclic) bond motifs is 1. The summed E-state index contributed by atoms with van der Waals surface area (Å²) in [5, 5.41) is 0.760. The van der Waals surface area contributed by atoms with Crippen LogP contribution in [-0.4, -0.2) is 28.4 Å². The molecule has 1 fully saturated rings. The quantitative estimate of drug-likeness (QED) is 0.717. The minimum absolute atomic E-state index is 0.0700. The van der Waals surface area contributed by atoms with E-state index in [2.05, 4.69) is 9.97 Å². The van der Waals surface area contributed by atoms with Crippen molar-refractivity contribution in [1.29, 1.82) is 0 Å². The third-order valence-electron chi connectivity index (χ3n) is 4.48. The largest absolute Gasteiger partial charge is 0.454 e. The Morgan fingerprint density at radius 1 is 1.15 bits per heavy atom. The summed E-state index contributed by atoms with van der Waals surface area (Å²) in [6.45, 7) is 0.586. The number of benzene rings is 2. The zero-order chi connectivity index (χ0) is 18.8. The summed E-state index contributed by atoms with van der Waals surface area (Å²) < 4.78 is 5.34. The lowest BCUT2D eigenvalue weighted by Gasteiger charge is -2.16. The number of ether oxygens (including phenoxy) is 1. The number of para-hydroxylation sites is 1. The summed E-state index contributed by atoms with van der Waals surface area (Å²) in [7, 11) is 0. The second-order valence-corrected chi connectivity index (χ2v) is 6.32. The van der Waals surface area contributed by atoms with Gasteiger partial charge in [0.15, 0.2) is 12.4 Å². The number of anilines is 2. The highest BCUT2D eigenvalue weighted by Gasteiger charge is 2.22. The van der Waals surface area contributed by atoms with Gasteiger partial charge in [-0.15, -0.1) is 0 Å². The maximum Gasteiger partial charge on any atom is 0.338 e. The Bertz CT molecular complexity index is 1030. The van der Waals surface area contributed by atoms with E-state index >= 15 is 0 Å². The molecular weight excluding hydrogens is 344 g/mol. The molecule has 2 N–H and O–H groups in total. The highest BCUT2D eigenvalue weighted by atomic mass is 16.5. The van der Waals surface area contributed by atoms with Gasteiger partial charge in [0.25, 0.3) is 0 Å². The van der Waals surface area contributed by atoms with Crippen LogP contribution in [0.4, 0.5) is 11.5 Å². The van der Waals surface area contributed by atoms with Crippen LogP contribution >= 0.6 is 0 Å². The van der Waals surface area contributed by atoms with Gasteiger partial charge in [0.05, 0.1) is 11.1 Å². The van der Waals surface area contributed by atoms with Crippen LogP contribution in [0.2, 0.25) is 0 Å². The summed E-state index contributed by atoms with van der Waals surface area (Å²) in [5.41, 5.74) is 7.73. The normalized spacial score (nSPS) is 13.9. The number of nitrogens with zero attached hydrogens (tertiary/aromatic N) is 3. The monoisotopic (exact) mass is 362 g/mol. The summed E-state index contributed by atoms with van der Waals surface area (Å²) in [4.78, 5) is 34.5. The van der Waals surface area contributed by atoms with Crippen LogP contribution in [0, 0.1) is 0 Å². The van der Waals surface area contributed by atoms with Gasteiger partial charge in [-0.25, -0.2) is 14.8 Å². The number of hydrogen-bond donors (Lipinski definition) is 1. The van der Waals surface area contributed by atoms with Crippen LogP contribution < -0.4 is 10.6 Å². The van der Waals surface area contributed by atoms with Gasteiger partial charge < -0.3 is 15.4 Å². The molecule has 1 aliphatic rings. The number of nitrogens with two attached hydrogens (primary N) is 1. The summed E-state index contributed by atoms with van der Waals surface area (Å²) >= 11 is 0.